The molecule has 1 N–H and O–H groups in total. The highest BCUT2D eigenvalue weighted by Crippen LogP contribution is 2.30. The van der Waals surface area contributed by atoms with Gasteiger partial charge in [-0.15, -0.1) is 11.8 Å². The highest BCUT2D eigenvalue weighted by molar-refractivity contribution is 7.99. The SMILES string of the molecule is CCOc1ccc(NC(=O)CSCc2ccc(-n3cccn3)cc2)cc1OCC. The van der Waals surface area contributed by atoms with Crippen molar-refractivity contribution in [2.24, 2.45) is 0 Å². The Kier molecular flexibility index (Phi) is 7.58. The molecule has 0 aliphatic heterocycles. The van der Waals surface area contributed by atoms with Gasteiger partial charge in [0.25, 0.3) is 0 Å². The van der Waals surface area contributed by atoms with Crippen molar-refractivity contribution in [1.29, 1.82) is 0 Å². The summed E-state index contributed by atoms with van der Waals surface area (Å²) in [5.74, 6) is 2.41. The van der Waals surface area contributed by atoms with E-state index in [4.69, 9.17) is 9.47 Å². The number of rotatable bonds is 10. The molecule has 0 spiro atoms. The lowest BCUT2D eigenvalue weighted by atomic mass is 10.2. The third-order valence-electron chi connectivity index (χ3n) is 4.03. The molecular formula is C22H25N3O3S. The second-order valence-electron chi connectivity index (χ2n) is 6.19. The van der Waals surface area contributed by atoms with Gasteiger partial charge < -0.3 is 14.8 Å². The molecule has 0 fully saturated rings. The van der Waals surface area contributed by atoms with Crippen molar-refractivity contribution in [2.75, 3.05) is 24.3 Å². The molecule has 29 heavy (non-hydrogen) atoms. The van der Waals surface area contributed by atoms with Crippen LogP contribution in [0.5, 0.6) is 11.5 Å². The van der Waals surface area contributed by atoms with Crippen molar-refractivity contribution in [3.05, 3.63) is 66.5 Å². The van der Waals surface area contributed by atoms with Gasteiger partial charge in [0.05, 0.1) is 24.7 Å². The standard InChI is InChI=1S/C22H25N3O3S/c1-3-27-20-11-8-18(14-21(20)28-4-2)24-22(26)16-29-15-17-6-9-19(10-7-17)25-13-5-12-23-25/h5-14H,3-4,15-16H2,1-2H3,(H,24,26). The van der Waals surface area contributed by atoms with Crippen molar-refractivity contribution < 1.29 is 14.3 Å². The van der Waals surface area contributed by atoms with Crippen molar-refractivity contribution >= 4 is 23.4 Å². The first-order valence-electron chi connectivity index (χ1n) is 9.55. The van der Waals surface area contributed by atoms with Crippen LogP contribution >= 0.6 is 11.8 Å². The van der Waals surface area contributed by atoms with Gasteiger partial charge in [0.2, 0.25) is 5.91 Å². The van der Waals surface area contributed by atoms with Crippen molar-refractivity contribution in [1.82, 2.24) is 9.78 Å². The number of nitrogens with zero attached hydrogens (tertiary/aromatic N) is 2. The second-order valence-corrected chi connectivity index (χ2v) is 7.17. The van der Waals surface area contributed by atoms with Gasteiger partial charge in [0.15, 0.2) is 11.5 Å². The zero-order valence-corrected chi connectivity index (χ0v) is 17.4. The van der Waals surface area contributed by atoms with Crippen LogP contribution in [-0.2, 0) is 10.5 Å². The third kappa shape index (κ3) is 6.02. The van der Waals surface area contributed by atoms with E-state index in [9.17, 15) is 4.79 Å². The van der Waals surface area contributed by atoms with Crippen LogP contribution < -0.4 is 14.8 Å². The monoisotopic (exact) mass is 411 g/mol. The third-order valence-corrected chi connectivity index (χ3v) is 5.04. The molecule has 0 aliphatic rings. The molecule has 2 aromatic carbocycles. The first-order chi connectivity index (χ1) is 14.2. The number of thioether (sulfide) groups is 1. The van der Waals surface area contributed by atoms with E-state index in [0.717, 1.165) is 11.4 Å². The van der Waals surface area contributed by atoms with Crippen LogP contribution in [0.2, 0.25) is 0 Å². The number of carbonyl (C=O) groups is 1. The van der Waals surface area contributed by atoms with Gasteiger partial charge in [0, 0.05) is 29.9 Å². The first kappa shape index (κ1) is 20.8. The highest BCUT2D eigenvalue weighted by atomic mass is 32.2. The van der Waals surface area contributed by atoms with Crippen LogP contribution in [-0.4, -0.2) is 34.7 Å². The average molecular weight is 412 g/mol. The van der Waals surface area contributed by atoms with E-state index in [0.29, 0.717) is 36.2 Å². The summed E-state index contributed by atoms with van der Waals surface area (Å²) in [4.78, 5) is 12.3. The zero-order chi connectivity index (χ0) is 20.5. The van der Waals surface area contributed by atoms with E-state index in [1.54, 1.807) is 24.0 Å². The lowest BCUT2D eigenvalue weighted by Crippen LogP contribution is -2.14. The maximum Gasteiger partial charge on any atom is 0.234 e. The Bertz CT molecular complexity index is 912. The topological polar surface area (TPSA) is 65.4 Å². The Balaban J connectivity index is 1.49. The molecule has 0 unspecified atom stereocenters. The fourth-order valence-corrected chi connectivity index (χ4v) is 3.54. The second kappa shape index (κ2) is 10.6. The van der Waals surface area contributed by atoms with Crippen LogP contribution in [0, 0.1) is 0 Å². The fourth-order valence-electron chi connectivity index (χ4n) is 2.75. The summed E-state index contributed by atoms with van der Waals surface area (Å²) >= 11 is 1.57. The largest absolute Gasteiger partial charge is 0.490 e. The van der Waals surface area contributed by atoms with E-state index in [1.807, 2.05) is 55.1 Å². The normalized spacial score (nSPS) is 10.6. The fraction of sp³-hybridized carbons (Fsp3) is 0.273. The predicted octanol–water partition coefficient (Wildman–Crippen LogP) is 4.54. The summed E-state index contributed by atoms with van der Waals surface area (Å²) in [7, 11) is 0. The van der Waals surface area contributed by atoms with Crippen molar-refractivity contribution in [3.8, 4) is 17.2 Å². The Hall–Kier alpha value is -2.93. The molecule has 0 bridgehead atoms. The predicted molar refractivity (Wildman–Crippen MR) is 117 cm³/mol. The van der Waals surface area contributed by atoms with Crippen LogP contribution in [0.25, 0.3) is 5.69 Å². The van der Waals surface area contributed by atoms with Gasteiger partial charge in [-0.3, -0.25) is 4.79 Å². The molecule has 0 saturated heterocycles. The van der Waals surface area contributed by atoms with Crippen LogP contribution in [0.3, 0.4) is 0 Å². The Morgan fingerprint density at radius 3 is 2.52 bits per heavy atom. The number of amides is 1. The highest BCUT2D eigenvalue weighted by Gasteiger charge is 2.09. The van der Waals surface area contributed by atoms with Gasteiger partial charge in [-0.25, -0.2) is 4.68 Å². The van der Waals surface area contributed by atoms with Gasteiger partial charge in [-0.2, -0.15) is 5.10 Å². The van der Waals surface area contributed by atoms with Gasteiger partial charge in [-0.05, 0) is 49.7 Å². The Morgan fingerprint density at radius 1 is 1.07 bits per heavy atom. The molecule has 0 saturated carbocycles. The number of carbonyl (C=O) groups excluding carboxylic acids is 1. The molecular weight excluding hydrogens is 386 g/mol. The van der Waals surface area contributed by atoms with E-state index >= 15 is 0 Å². The summed E-state index contributed by atoms with van der Waals surface area (Å²) in [6.07, 6.45) is 3.66. The molecule has 6 nitrogen and oxygen atoms in total. The van der Waals surface area contributed by atoms with E-state index in [-0.39, 0.29) is 5.91 Å². The molecule has 7 heteroatoms. The number of ether oxygens (including phenoxy) is 2. The number of aromatic nitrogens is 2. The number of hydrogen-bond acceptors (Lipinski definition) is 5. The van der Waals surface area contributed by atoms with E-state index < -0.39 is 0 Å². The summed E-state index contributed by atoms with van der Waals surface area (Å²) in [6.45, 7) is 4.94. The summed E-state index contributed by atoms with van der Waals surface area (Å²) in [6, 6.07) is 15.5. The molecule has 1 amide bonds. The smallest absolute Gasteiger partial charge is 0.234 e. The average Bonchev–Trinajstić information content (AvgIpc) is 3.26. The maximum absolute atomic E-state index is 12.3. The molecule has 0 radical (unpaired) electrons. The summed E-state index contributed by atoms with van der Waals surface area (Å²) in [5, 5.41) is 7.13. The van der Waals surface area contributed by atoms with Gasteiger partial charge in [-0.1, -0.05) is 12.1 Å². The molecule has 3 rings (SSSR count). The number of anilines is 1. The Morgan fingerprint density at radius 2 is 1.83 bits per heavy atom. The number of hydrogen-bond donors (Lipinski definition) is 1. The zero-order valence-electron chi connectivity index (χ0n) is 16.6. The van der Waals surface area contributed by atoms with Crippen LogP contribution in [0.4, 0.5) is 5.69 Å². The van der Waals surface area contributed by atoms with Crippen molar-refractivity contribution in [3.63, 3.8) is 0 Å². The minimum absolute atomic E-state index is 0.0465. The minimum Gasteiger partial charge on any atom is -0.490 e. The molecule has 0 atom stereocenters. The summed E-state index contributed by atoms with van der Waals surface area (Å²) in [5.41, 5.74) is 2.88. The summed E-state index contributed by atoms with van der Waals surface area (Å²) < 4.78 is 13.0. The molecule has 0 aliphatic carbocycles. The van der Waals surface area contributed by atoms with Gasteiger partial charge in [0.1, 0.15) is 0 Å². The molecule has 152 valence electrons. The lowest BCUT2D eigenvalue weighted by molar-refractivity contribution is -0.113. The van der Waals surface area contributed by atoms with Crippen molar-refractivity contribution in [2.45, 2.75) is 19.6 Å². The van der Waals surface area contributed by atoms with Gasteiger partial charge >= 0.3 is 0 Å². The lowest BCUT2D eigenvalue weighted by Gasteiger charge is -2.13. The van der Waals surface area contributed by atoms with E-state index in [2.05, 4.69) is 22.5 Å². The molecule has 3 aromatic rings. The quantitative estimate of drug-likeness (QED) is 0.530. The number of benzene rings is 2. The first-order valence-corrected chi connectivity index (χ1v) is 10.7. The minimum atomic E-state index is -0.0465. The molecule has 1 aromatic heterocycles. The van der Waals surface area contributed by atoms with E-state index in [1.165, 1.54) is 5.56 Å². The number of nitrogens with one attached hydrogen (secondary N) is 1. The van der Waals surface area contributed by atoms with Crippen LogP contribution in [0.1, 0.15) is 19.4 Å². The maximum atomic E-state index is 12.3. The Labute approximate surface area is 175 Å². The molecule has 1 heterocycles. The van der Waals surface area contributed by atoms with Crippen LogP contribution in [0.15, 0.2) is 60.9 Å².